The highest BCUT2D eigenvalue weighted by Crippen LogP contribution is 2.70. The highest BCUT2D eigenvalue weighted by Gasteiger charge is 2.60. The monoisotopic (exact) mass is 286 g/mol. The summed E-state index contributed by atoms with van der Waals surface area (Å²) in [6.07, 6.45) is 9.17. The minimum absolute atomic E-state index is 0.567. The zero-order chi connectivity index (χ0) is 10.9. The van der Waals surface area contributed by atoms with E-state index in [1.165, 1.54) is 19.3 Å². The molecule has 0 saturated heterocycles. The quantitative estimate of drug-likeness (QED) is 0.479. The van der Waals surface area contributed by atoms with Crippen molar-refractivity contribution in [3.8, 4) is 0 Å². The Kier molecular flexibility index (Phi) is 2.11. The highest BCUT2D eigenvalue weighted by molar-refractivity contribution is 9.10. The van der Waals surface area contributed by atoms with E-state index in [4.69, 9.17) is 0 Å². The van der Waals surface area contributed by atoms with E-state index in [0.717, 1.165) is 16.9 Å². The summed E-state index contributed by atoms with van der Waals surface area (Å²) in [5.74, 6) is 2.13. The van der Waals surface area contributed by atoms with Gasteiger partial charge in [0.05, 0.1) is 8.07 Å². The van der Waals surface area contributed by atoms with Gasteiger partial charge < -0.3 is 0 Å². The Bertz CT molecular complexity index is 277. The SMILES string of the molecule is C[Si](C)(C)C12C[C@H]3C[C@@H](CC(Br)(C3)C1)C2. The van der Waals surface area contributed by atoms with Gasteiger partial charge in [-0.3, -0.25) is 0 Å². The third-order valence-electron chi connectivity index (χ3n) is 5.58. The lowest BCUT2D eigenvalue weighted by Gasteiger charge is -2.64. The summed E-state index contributed by atoms with van der Waals surface area (Å²) in [6.45, 7) is 7.82. The molecule has 4 rings (SSSR count). The van der Waals surface area contributed by atoms with E-state index >= 15 is 0 Å². The lowest BCUT2D eigenvalue weighted by atomic mass is 9.55. The topological polar surface area (TPSA) is 0 Å². The van der Waals surface area contributed by atoms with Crippen LogP contribution in [-0.2, 0) is 0 Å². The van der Waals surface area contributed by atoms with Crippen LogP contribution in [0.15, 0.2) is 0 Å². The molecule has 0 spiro atoms. The van der Waals surface area contributed by atoms with Crippen LogP contribution in [0.1, 0.15) is 38.5 Å². The van der Waals surface area contributed by atoms with Gasteiger partial charge >= 0.3 is 0 Å². The molecule has 0 aromatic carbocycles. The summed E-state index contributed by atoms with van der Waals surface area (Å²) >= 11 is 4.11. The maximum Gasteiger partial charge on any atom is 0.0506 e. The molecule has 4 aliphatic rings. The van der Waals surface area contributed by atoms with Crippen molar-refractivity contribution >= 4 is 24.0 Å². The average Bonchev–Trinajstić information content (AvgIpc) is 1.95. The first kappa shape index (κ1) is 10.8. The standard InChI is InChI=1S/C13H23BrSi/c1-15(2,3)13-7-10-4-11(8-13)6-12(14,5-10)9-13/h10-11H,4-9H2,1-3H3/t10-,11-,12?,13?/m0/s1. The molecule has 86 valence electrons. The number of alkyl halides is 1. The summed E-state index contributed by atoms with van der Waals surface area (Å²) in [5.41, 5.74) is 0. The second-order valence-electron chi connectivity index (χ2n) is 7.64. The van der Waals surface area contributed by atoms with Crippen molar-refractivity contribution in [2.45, 2.75) is 67.5 Å². The molecule has 0 unspecified atom stereocenters. The largest absolute Gasteiger partial charge is 0.0853 e. The third kappa shape index (κ3) is 1.50. The number of halogens is 1. The van der Waals surface area contributed by atoms with Gasteiger partial charge in [-0.1, -0.05) is 35.6 Å². The van der Waals surface area contributed by atoms with E-state index in [-0.39, 0.29) is 0 Å². The normalized spacial score (nSPS) is 53.6. The summed E-state index contributed by atoms with van der Waals surface area (Å²) in [7, 11) is -0.986. The van der Waals surface area contributed by atoms with E-state index < -0.39 is 8.07 Å². The van der Waals surface area contributed by atoms with Crippen molar-refractivity contribution in [1.82, 2.24) is 0 Å². The summed E-state index contributed by atoms with van der Waals surface area (Å²) in [5, 5.41) is 0.792. The molecular formula is C13H23BrSi. The lowest BCUT2D eigenvalue weighted by molar-refractivity contribution is 0.0468. The van der Waals surface area contributed by atoms with E-state index in [1.54, 1.807) is 19.3 Å². The molecule has 4 saturated carbocycles. The zero-order valence-corrected chi connectivity index (χ0v) is 12.9. The van der Waals surface area contributed by atoms with Crippen molar-refractivity contribution in [2.24, 2.45) is 11.8 Å². The molecule has 0 amide bonds. The average molecular weight is 287 g/mol. The van der Waals surface area contributed by atoms with Crippen molar-refractivity contribution in [3.63, 3.8) is 0 Å². The minimum atomic E-state index is -0.986. The molecule has 0 aromatic rings. The van der Waals surface area contributed by atoms with Gasteiger partial charge in [0.15, 0.2) is 0 Å². The van der Waals surface area contributed by atoms with Crippen LogP contribution in [0.4, 0.5) is 0 Å². The second kappa shape index (κ2) is 2.93. The van der Waals surface area contributed by atoms with Crippen LogP contribution >= 0.6 is 15.9 Å². The van der Waals surface area contributed by atoms with Gasteiger partial charge in [0.2, 0.25) is 0 Å². The maximum absolute atomic E-state index is 4.11. The summed E-state index contributed by atoms with van der Waals surface area (Å²) in [4.78, 5) is 0. The fraction of sp³-hybridized carbons (Fsp3) is 1.00. The highest BCUT2D eigenvalue weighted by atomic mass is 79.9. The van der Waals surface area contributed by atoms with Gasteiger partial charge in [0.25, 0.3) is 0 Å². The van der Waals surface area contributed by atoms with Crippen molar-refractivity contribution < 1.29 is 0 Å². The first-order chi connectivity index (χ1) is 6.82. The van der Waals surface area contributed by atoms with E-state index in [2.05, 4.69) is 35.6 Å². The van der Waals surface area contributed by atoms with E-state index in [0.29, 0.717) is 4.32 Å². The van der Waals surface area contributed by atoms with Crippen LogP contribution in [0, 0.1) is 11.8 Å². The number of hydrogen-bond acceptors (Lipinski definition) is 0. The molecule has 2 heteroatoms. The lowest BCUT2D eigenvalue weighted by Crippen LogP contribution is -2.57. The molecule has 2 atom stereocenters. The molecule has 0 aliphatic heterocycles. The van der Waals surface area contributed by atoms with Crippen LogP contribution < -0.4 is 0 Å². The summed E-state index contributed by atoms with van der Waals surface area (Å²) in [6, 6.07) is 0. The number of hydrogen-bond donors (Lipinski definition) is 0. The first-order valence-electron chi connectivity index (χ1n) is 6.51. The van der Waals surface area contributed by atoms with Crippen LogP contribution in [0.25, 0.3) is 0 Å². The smallest absolute Gasteiger partial charge is 0.0506 e. The van der Waals surface area contributed by atoms with Gasteiger partial charge in [-0.05, 0) is 55.4 Å². The van der Waals surface area contributed by atoms with E-state index in [1.807, 2.05) is 0 Å². The van der Waals surface area contributed by atoms with Crippen LogP contribution in [-0.4, -0.2) is 12.4 Å². The molecule has 0 nitrogen and oxygen atoms in total. The Labute approximate surface area is 103 Å². The predicted molar refractivity (Wildman–Crippen MR) is 72.4 cm³/mol. The Hall–Kier alpha value is 0.697. The van der Waals surface area contributed by atoms with Crippen LogP contribution in [0.3, 0.4) is 0 Å². The fourth-order valence-corrected chi connectivity index (χ4v) is 9.41. The fourth-order valence-electron chi connectivity index (χ4n) is 5.03. The molecule has 4 fully saturated rings. The van der Waals surface area contributed by atoms with Crippen molar-refractivity contribution in [1.29, 1.82) is 0 Å². The first-order valence-corrected chi connectivity index (χ1v) is 10.8. The van der Waals surface area contributed by atoms with Gasteiger partial charge in [0, 0.05) is 4.32 Å². The Morgan fingerprint density at radius 1 is 1.00 bits per heavy atom. The van der Waals surface area contributed by atoms with Gasteiger partial charge in [0.1, 0.15) is 0 Å². The molecule has 0 radical (unpaired) electrons. The number of rotatable bonds is 1. The third-order valence-corrected chi connectivity index (χ3v) is 10.3. The molecule has 0 aromatic heterocycles. The molecule has 4 bridgehead atoms. The van der Waals surface area contributed by atoms with Crippen LogP contribution in [0.2, 0.25) is 24.7 Å². The van der Waals surface area contributed by atoms with Gasteiger partial charge in [-0.15, -0.1) is 0 Å². The van der Waals surface area contributed by atoms with E-state index in [9.17, 15) is 0 Å². The molecular weight excluding hydrogens is 264 g/mol. The molecule has 15 heavy (non-hydrogen) atoms. The molecule has 4 aliphatic carbocycles. The van der Waals surface area contributed by atoms with Gasteiger partial charge in [-0.25, -0.2) is 0 Å². The summed E-state index contributed by atoms with van der Waals surface area (Å²) < 4.78 is 0.567. The molecule has 0 N–H and O–H groups in total. The predicted octanol–water partition coefficient (Wildman–Crippen LogP) is 4.81. The molecule has 0 heterocycles. The Morgan fingerprint density at radius 2 is 1.53 bits per heavy atom. The van der Waals surface area contributed by atoms with Gasteiger partial charge in [-0.2, -0.15) is 0 Å². The maximum atomic E-state index is 4.11. The minimum Gasteiger partial charge on any atom is -0.0853 e. The Balaban J connectivity index is 2.00. The second-order valence-corrected chi connectivity index (χ2v) is 14.9. The zero-order valence-electron chi connectivity index (χ0n) is 10.3. The Morgan fingerprint density at radius 3 is 1.93 bits per heavy atom. The van der Waals surface area contributed by atoms with Crippen molar-refractivity contribution in [2.75, 3.05) is 0 Å². The van der Waals surface area contributed by atoms with Crippen LogP contribution in [0.5, 0.6) is 0 Å². The van der Waals surface area contributed by atoms with Crippen molar-refractivity contribution in [3.05, 3.63) is 0 Å².